The van der Waals surface area contributed by atoms with Gasteiger partial charge in [-0.15, -0.1) is 0 Å². The topological polar surface area (TPSA) is 90.1 Å². The van der Waals surface area contributed by atoms with E-state index in [0.717, 1.165) is 11.3 Å². The summed E-state index contributed by atoms with van der Waals surface area (Å²) in [5.41, 5.74) is 1.51. The predicted molar refractivity (Wildman–Crippen MR) is 92.1 cm³/mol. The number of amides is 1. The van der Waals surface area contributed by atoms with Crippen LogP contribution in [0.4, 0.5) is 5.69 Å². The second kappa shape index (κ2) is 8.05. The molecule has 7 nitrogen and oxygen atoms in total. The average Bonchev–Trinajstić information content (AvgIpc) is 3.11. The molecule has 0 saturated carbocycles. The zero-order chi connectivity index (χ0) is 17.5. The number of nitrogens with one attached hydrogen (secondary N) is 1. The largest absolute Gasteiger partial charge is 0.497 e. The molecule has 0 aliphatic carbocycles. The number of hydrogen-bond donors (Lipinski definition) is 1. The number of carbonyl (C=O) groups excluding carboxylic acids is 1. The highest BCUT2D eigenvalue weighted by Crippen LogP contribution is 2.21. The Balaban J connectivity index is 1.51. The lowest BCUT2D eigenvalue weighted by atomic mass is 10.2. The Kier molecular flexibility index (Phi) is 5.36. The van der Waals surface area contributed by atoms with Gasteiger partial charge in [-0.25, -0.2) is 0 Å². The summed E-state index contributed by atoms with van der Waals surface area (Å²) < 4.78 is 10.4. The summed E-state index contributed by atoms with van der Waals surface area (Å²) in [6.45, 7) is 0. The Morgan fingerprint density at radius 1 is 1.28 bits per heavy atom. The van der Waals surface area contributed by atoms with Gasteiger partial charge in [-0.3, -0.25) is 9.78 Å². The van der Waals surface area contributed by atoms with Crippen molar-refractivity contribution in [3.8, 4) is 17.1 Å². The second-order valence-corrected chi connectivity index (χ2v) is 5.39. The molecule has 2 heterocycles. The van der Waals surface area contributed by atoms with Crippen molar-refractivity contribution in [3.05, 3.63) is 54.7 Å². The minimum Gasteiger partial charge on any atom is -0.497 e. The molecular weight excluding hydrogens is 320 g/mol. The van der Waals surface area contributed by atoms with Crippen molar-refractivity contribution in [3.63, 3.8) is 0 Å². The number of pyridine rings is 1. The fourth-order valence-electron chi connectivity index (χ4n) is 2.30. The van der Waals surface area contributed by atoms with Gasteiger partial charge < -0.3 is 14.6 Å². The van der Waals surface area contributed by atoms with Crippen LogP contribution >= 0.6 is 0 Å². The Labute approximate surface area is 145 Å². The molecule has 0 bridgehead atoms. The van der Waals surface area contributed by atoms with Gasteiger partial charge in [0.2, 0.25) is 17.6 Å². The van der Waals surface area contributed by atoms with E-state index in [-0.39, 0.29) is 5.91 Å². The van der Waals surface area contributed by atoms with Crippen LogP contribution in [-0.2, 0) is 11.2 Å². The lowest BCUT2D eigenvalue weighted by molar-refractivity contribution is -0.116. The van der Waals surface area contributed by atoms with E-state index in [9.17, 15) is 4.79 Å². The average molecular weight is 338 g/mol. The molecule has 0 fully saturated rings. The van der Waals surface area contributed by atoms with Crippen LogP contribution in [0.3, 0.4) is 0 Å². The van der Waals surface area contributed by atoms with Gasteiger partial charge in [0.1, 0.15) is 5.75 Å². The number of anilines is 1. The number of benzene rings is 1. The summed E-state index contributed by atoms with van der Waals surface area (Å²) in [7, 11) is 1.61. The number of ether oxygens (including phenoxy) is 1. The van der Waals surface area contributed by atoms with Crippen LogP contribution in [0, 0.1) is 0 Å². The summed E-state index contributed by atoms with van der Waals surface area (Å²) in [6.07, 6.45) is 4.79. The molecule has 3 rings (SSSR count). The van der Waals surface area contributed by atoms with E-state index in [0.29, 0.717) is 36.7 Å². The predicted octanol–water partition coefficient (Wildman–Crippen LogP) is 3.10. The van der Waals surface area contributed by atoms with Crippen LogP contribution in [-0.4, -0.2) is 28.1 Å². The molecule has 0 saturated heterocycles. The van der Waals surface area contributed by atoms with Gasteiger partial charge in [0.25, 0.3) is 0 Å². The first-order valence-corrected chi connectivity index (χ1v) is 7.91. The van der Waals surface area contributed by atoms with Gasteiger partial charge in [0.15, 0.2) is 0 Å². The maximum Gasteiger partial charge on any atom is 0.226 e. The van der Waals surface area contributed by atoms with E-state index < -0.39 is 0 Å². The summed E-state index contributed by atoms with van der Waals surface area (Å²) in [5, 5.41) is 6.77. The van der Waals surface area contributed by atoms with E-state index >= 15 is 0 Å². The number of aromatic nitrogens is 3. The molecule has 2 aromatic heterocycles. The minimum atomic E-state index is -0.0689. The molecule has 0 aliphatic rings. The van der Waals surface area contributed by atoms with Gasteiger partial charge >= 0.3 is 0 Å². The first-order valence-electron chi connectivity index (χ1n) is 7.91. The lowest BCUT2D eigenvalue weighted by Crippen LogP contribution is -2.11. The SMILES string of the molecule is COc1cccc(-c2noc(CCCC(=O)Nc3cccnc3)n2)c1. The third-order valence-corrected chi connectivity index (χ3v) is 3.54. The molecule has 1 N–H and O–H groups in total. The van der Waals surface area contributed by atoms with E-state index in [1.807, 2.05) is 24.3 Å². The van der Waals surface area contributed by atoms with E-state index in [4.69, 9.17) is 9.26 Å². The molecule has 0 spiro atoms. The normalized spacial score (nSPS) is 10.4. The first-order chi connectivity index (χ1) is 12.2. The fourth-order valence-corrected chi connectivity index (χ4v) is 2.30. The number of hydrogen-bond acceptors (Lipinski definition) is 6. The van der Waals surface area contributed by atoms with Crippen LogP contribution in [0.25, 0.3) is 11.4 Å². The molecule has 25 heavy (non-hydrogen) atoms. The highest BCUT2D eigenvalue weighted by Gasteiger charge is 2.10. The number of carbonyl (C=O) groups is 1. The van der Waals surface area contributed by atoms with E-state index in [1.54, 1.807) is 31.6 Å². The van der Waals surface area contributed by atoms with Crippen LogP contribution in [0.15, 0.2) is 53.3 Å². The summed E-state index contributed by atoms with van der Waals surface area (Å²) >= 11 is 0. The van der Waals surface area contributed by atoms with Crippen LogP contribution in [0.1, 0.15) is 18.7 Å². The summed E-state index contributed by atoms with van der Waals surface area (Å²) in [4.78, 5) is 20.2. The molecule has 0 radical (unpaired) electrons. The maximum absolute atomic E-state index is 11.9. The van der Waals surface area contributed by atoms with Crippen molar-refractivity contribution in [2.75, 3.05) is 12.4 Å². The van der Waals surface area contributed by atoms with Crippen molar-refractivity contribution >= 4 is 11.6 Å². The molecule has 3 aromatic rings. The van der Waals surface area contributed by atoms with Crippen LogP contribution in [0.5, 0.6) is 5.75 Å². The highest BCUT2D eigenvalue weighted by atomic mass is 16.5. The van der Waals surface area contributed by atoms with Crippen molar-refractivity contribution in [2.24, 2.45) is 0 Å². The molecule has 7 heteroatoms. The molecular formula is C18H18N4O3. The Bertz CT molecular complexity index is 833. The third kappa shape index (κ3) is 4.63. The van der Waals surface area contributed by atoms with Crippen molar-refractivity contribution < 1.29 is 14.1 Å². The Morgan fingerprint density at radius 2 is 2.20 bits per heavy atom. The molecule has 1 amide bonds. The molecule has 128 valence electrons. The van der Waals surface area contributed by atoms with Gasteiger partial charge in [-0.2, -0.15) is 4.98 Å². The fraction of sp³-hybridized carbons (Fsp3) is 0.222. The van der Waals surface area contributed by atoms with E-state index in [2.05, 4.69) is 20.4 Å². The number of methoxy groups -OCH3 is 1. The molecule has 0 atom stereocenters. The number of nitrogens with zero attached hydrogens (tertiary/aromatic N) is 3. The van der Waals surface area contributed by atoms with Gasteiger partial charge in [-0.1, -0.05) is 17.3 Å². The first kappa shape index (κ1) is 16.6. The van der Waals surface area contributed by atoms with Gasteiger partial charge in [0, 0.05) is 24.6 Å². The monoisotopic (exact) mass is 338 g/mol. The number of rotatable bonds is 7. The van der Waals surface area contributed by atoms with Crippen LogP contribution < -0.4 is 10.1 Å². The lowest BCUT2D eigenvalue weighted by Gasteiger charge is -2.03. The quantitative estimate of drug-likeness (QED) is 0.712. The Hall–Kier alpha value is -3.22. The van der Waals surface area contributed by atoms with Crippen molar-refractivity contribution in [2.45, 2.75) is 19.3 Å². The van der Waals surface area contributed by atoms with Gasteiger partial charge in [0.05, 0.1) is 19.0 Å². The van der Waals surface area contributed by atoms with E-state index in [1.165, 1.54) is 0 Å². The van der Waals surface area contributed by atoms with Crippen LogP contribution in [0.2, 0.25) is 0 Å². The Morgan fingerprint density at radius 3 is 3.00 bits per heavy atom. The van der Waals surface area contributed by atoms with Gasteiger partial charge in [-0.05, 0) is 30.7 Å². The summed E-state index contributed by atoms with van der Waals surface area (Å²) in [6, 6.07) is 11.0. The maximum atomic E-state index is 11.9. The molecule has 0 aliphatic heterocycles. The van der Waals surface area contributed by atoms with Crippen molar-refractivity contribution in [1.82, 2.24) is 15.1 Å². The number of aryl methyl sites for hydroxylation is 1. The summed E-state index contributed by atoms with van der Waals surface area (Å²) in [5.74, 6) is 1.68. The molecule has 0 unspecified atom stereocenters. The smallest absolute Gasteiger partial charge is 0.226 e. The minimum absolute atomic E-state index is 0.0689. The standard InChI is InChI=1S/C18H18N4O3/c1-24-15-7-2-5-13(11-15)18-21-17(25-22-18)9-3-8-16(23)20-14-6-4-10-19-12-14/h2,4-7,10-12H,3,8-9H2,1H3,(H,20,23). The zero-order valence-corrected chi connectivity index (χ0v) is 13.8. The zero-order valence-electron chi connectivity index (χ0n) is 13.8. The third-order valence-electron chi connectivity index (χ3n) is 3.54. The molecule has 1 aromatic carbocycles. The highest BCUT2D eigenvalue weighted by molar-refractivity contribution is 5.90. The second-order valence-electron chi connectivity index (χ2n) is 5.39. The van der Waals surface area contributed by atoms with Crippen molar-refractivity contribution in [1.29, 1.82) is 0 Å².